The molecule has 0 unspecified atom stereocenters. The van der Waals surface area contributed by atoms with Crippen LogP contribution in [0.4, 0.5) is 8.78 Å². The second-order valence-corrected chi connectivity index (χ2v) is 5.72. The smallest absolute Gasteiger partial charge is 0.328 e. The van der Waals surface area contributed by atoms with Gasteiger partial charge in [0, 0.05) is 17.0 Å². The highest BCUT2D eigenvalue weighted by Crippen LogP contribution is 2.17. The number of hydrogen-bond acceptors (Lipinski definition) is 3. The van der Waals surface area contributed by atoms with Crippen molar-refractivity contribution in [2.75, 3.05) is 7.11 Å². The van der Waals surface area contributed by atoms with Crippen molar-refractivity contribution in [1.29, 1.82) is 0 Å². The summed E-state index contributed by atoms with van der Waals surface area (Å²) in [5, 5.41) is 2.88. The van der Waals surface area contributed by atoms with E-state index in [1.807, 2.05) is 0 Å². The molecular formula is C18H16ClF2NO3. The van der Waals surface area contributed by atoms with Crippen molar-refractivity contribution < 1.29 is 23.1 Å². The Morgan fingerprint density at radius 3 is 2.36 bits per heavy atom. The van der Waals surface area contributed by atoms with Crippen LogP contribution < -0.4 is 5.32 Å². The van der Waals surface area contributed by atoms with Gasteiger partial charge in [-0.15, -0.1) is 0 Å². The average Bonchev–Trinajstić information content (AvgIpc) is 2.59. The summed E-state index contributed by atoms with van der Waals surface area (Å²) in [4.78, 5) is 24.1. The minimum Gasteiger partial charge on any atom is -0.467 e. The van der Waals surface area contributed by atoms with Gasteiger partial charge in [-0.05, 0) is 23.8 Å². The highest BCUT2D eigenvalue weighted by molar-refractivity contribution is 6.31. The van der Waals surface area contributed by atoms with Crippen LogP contribution in [0.3, 0.4) is 0 Å². The molecule has 2 aromatic rings. The Labute approximate surface area is 148 Å². The standard InChI is InChI=1S/C18H16ClF2NO3/c1-25-18(24)16(9-11-5-2-3-6-13(11)19)22-17(23)10-12-14(20)7-4-8-15(12)21/h2-8,16H,9-10H2,1H3,(H,22,23)/t16-/m1/s1. The topological polar surface area (TPSA) is 55.4 Å². The fourth-order valence-electron chi connectivity index (χ4n) is 2.33. The lowest BCUT2D eigenvalue weighted by molar-refractivity contribution is -0.145. The maximum atomic E-state index is 13.6. The van der Waals surface area contributed by atoms with Crippen molar-refractivity contribution in [3.63, 3.8) is 0 Å². The molecule has 0 fully saturated rings. The molecule has 0 aliphatic carbocycles. The first kappa shape index (κ1) is 18.9. The summed E-state index contributed by atoms with van der Waals surface area (Å²) in [7, 11) is 1.19. The van der Waals surface area contributed by atoms with Gasteiger partial charge in [-0.1, -0.05) is 35.9 Å². The first-order valence-corrected chi connectivity index (χ1v) is 7.83. The zero-order chi connectivity index (χ0) is 18.4. The zero-order valence-corrected chi connectivity index (χ0v) is 14.1. The molecule has 0 aromatic heterocycles. The number of nitrogens with one attached hydrogen (secondary N) is 1. The Balaban J connectivity index is 2.13. The highest BCUT2D eigenvalue weighted by Gasteiger charge is 2.24. The number of amides is 1. The third-order valence-corrected chi connectivity index (χ3v) is 3.97. The van der Waals surface area contributed by atoms with E-state index in [-0.39, 0.29) is 12.0 Å². The zero-order valence-electron chi connectivity index (χ0n) is 13.4. The van der Waals surface area contributed by atoms with Gasteiger partial charge in [0.25, 0.3) is 0 Å². The number of benzene rings is 2. The lowest BCUT2D eigenvalue weighted by atomic mass is 10.0. The summed E-state index contributed by atoms with van der Waals surface area (Å²) in [5.74, 6) is -3.03. The van der Waals surface area contributed by atoms with E-state index in [0.717, 1.165) is 12.1 Å². The van der Waals surface area contributed by atoms with Crippen LogP contribution in [0.5, 0.6) is 0 Å². The maximum absolute atomic E-state index is 13.6. The molecule has 0 radical (unpaired) electrons. The molecule has 2 aromatic carbocycles. The molecule has 0 saturated heterocycles. The minimum atomic E-state index is -1.02. The molecule has 0 aliphatic rings. The van der Waals surface area contributed by atoms with Crippen LogP contribution >= 0.6 is 11.6 Å². The van der Waals surface area contributed by atoms with Crippen molar-refractivity contribution in [3.8, 4) is 0 Å². The summed E-state index contributed by atoms with van der Waals surface area (Å²) >= 11 is 6.06. The van der Waals surface area contributed by atoms with Gasteiger partial charge in [0.2, 0.25) is 5.91 Å². The van der Waals surface area contributed by atoms with E-state index in [9.17, 15) is 18.4 Å². The highest BCUT2D eigenvalue weighted by atomic mass is 35.5. The quantitative estimate of drug-likeness (QED) is 0.798. The molecular weight excluding hydrogens is 352 g/mol. The number of methoxy groups -OCH3 is 1. The largest absolute Gasteiger partial charge is 0.467 e. The molecule has 0 spiro atoms. The van der Waals surface area contributed by atoms with E-state index in [0.29, 0.717) is 10.6 Å². The molecule has 1 amide bonds. The van der Waals surface area contributed by atoms with Crippen molar-refractivity contribution in [1.82, 2.24) is 5.32 Å². The molecule has 0 bridgehead atoms. The molecule has 7 heteroatoms. The van der Waals surface area contributed by atoms with Gasteiger partial charge in [0.15, 0.2) is 0 Å². The fourth-order valence-corrected chi connectivity index (χ4v) is 2.54. The molecule has 0 heterocycles. The number of esters is 1. The van der Waals surface area contributed by atoms with E-state index < -0.39 is 36.0 Å². The molecule has 1 N–H and O–H groups in total. The number of carbonyl (C=O) groups is 2. The van der Waals surface area contributed by atoms with Gasteiger partial charge in [-0.2, -0.15) is 0 Å². The van der Waals surface area contributed by atoms with Crippen LogP contribution in [0.15, 0.2) is 42.5 Å². The van der Waals surface area contributed by atoms with Gasteiger partial charge in [0.1, 0.15) is 17.7 Å². The van der Waals surface area contributed by atoms with Crippen molar-refractivity contribution in [2.45, 2.75) is 18.9 Å². The van der Waals surface area contributed by atoms with Gasteiger partial charge in [-0.3, -0.25) is 4.79 Å². The minimum absolute atomic E-state index is 0.0951. The fraction of sp³-hybridized carbons (Fsp3) is 0.222. The lowest BCUT2D eigenvalue weighted by Gasteiger charge is -2.17. The summed E-state index contributed by atoms with van der Waals surface area (Å²) in [6.45, 7) is 0. The molecule has 1 atom stereocenters. The SMILES string of the molecule is COC(=O)[C@@H](Cc1ccccc1Cl)NC(=O)Cc1c(F)cccc1F. The predicted octanol–water partition coefficient (Wildman–Crippen LogP) is 3.06. The van der Waals surface area contributed by atoms with Gasteiger partial charge >= 0.3 is 5.97 Å². The Bertz CT molecular complexity index is 762. The number of ether oxygens (including phenoxy) is 1. The second-order valence-electron chi connectivity index (χ2n) is 5.32. The Hall–Kier alpha value is -2.47. The van der Waals surface area contributed by atoms with E-state index in [1.54, 1.807) is 24.3 Å². The van der Waals surface area contributed by atoms with Crippen molar-refractivity contribution >= 4 is 23.5 Å². The first-order chi connectivity index (χ1) is 11.9. The van der Waals surface area contributed by atoms with Gasteiger partial charge in [0.05, 0.1) is 13.5 Å². The van der Waals surface area contributed by atoms with E-state index in [4.69, 9.17) is 11.6 Å². The van der Waals surface area contributed by atoms with Crippen molar-refractivity contribution in [2.24, 2.45) is 0 Å². The number of halogens is 3. The van der Waals surface area contributed by atoms with Crippen LogP contribution in [0, 0.1) is 11.6 Å². The van der Waals surface area contributed by atoms with Crippen LogP contribution in [0.2, 0.25) is 5.02 Å². The summed E-state index contributed by atoms with van der Waals surface area (Å²) in [6.07, 6.45) is -0.438. The normalized spacial score (nSPS) is 11.7. The number of carbonyl (C=O) groups excluding carboxylic acids is 2. The Morgan fingerprint density at radius 2 is 1.76 bits per heavy atom. The molecule has 0 aliphatic heterocycles. The maximum Gasteiger partial charge on any atom is 0.328 e. The lowest BCUT2D eigenvalue weighted by Crippen LogP contribution is -2.43. The summed E-state index contributed by atoms with van der Waals surface area (Å²) in [6, 6.07) is 9.15. The third-order valence-electron chi connectivity index (χ3n) is 3.60. The van der Waals surface area contributed by atoms with Gasteiger partial charge < -0.3 is 10.1 Å². The average molecular weight is 368 g/mol. The monoisotopic (exact) mass is 367 g/mol. The molecule has 4 nitrogen and oxygen atoms in total. The third kappa shape index (κ3) is 5.00. The van der Waals surface area contributed by atoms with Crippen LogP contribution in [-0.4, -0.2) is 25.0 Å². The Kier molecular flexibility index (Phi) is 6.47. The van der Waals surface area contributed by atoms with Crippen LogP contribution in [0.25, 0.3) is 0 Å². The molecule has 25 heavy (non-hydrogen) atoms. The van der Waals surface area contributed by atoms with E-state index >= 15 is 0 Å². The Morgan fingerprint density at radius 1 is 1.12 bits per heavy atom. The second kappa shape index (κ2) is 8.58. The van der Waals surface area contributed by atoms with Gasteiger partial charge in [-0.25, -0.2) is 13.6 Å². The number of rotatable bonds is 6. The summed E-state index contributed by atoms with van der Waals surface area (Å²) in [5.41, 5.74) is 0.276. The molecule has 132 valence electrons. The van der Waals surface area contributed by atoms with Crippen molar-refractivity contribution in [3.05, 3.63) is 70.2 Å². The van der Waals surface area contributed by atoms with E-state index in [1.165, 1.54) is 13.2 Å². The van der Waals surface area contributed by atoms with Crippen LogP contribution in [-0.2, 0) is 27.2 Å². The van der Waals surface area contributed by atoms with E-state index in [2.05, 4.69) is 10.1 Å². The number of hydrogen-bond donors (Lipinski definition) is 1. The molecule has 0 saturated carbocycles. The van der Waals surface area contributed by atoms with Crippen LogP contribution in [0.1, 0.15) is 11.1 Å². The first-order valence-electron chi connectivity index (χ1n) is 7.46. The molecule has 2 rings (SSSR count). The summed E-state index contributed by atoms with van der Waals surface area (Å²) < 4.78 is 32.0. The predicted molar refractivity (Wildman–Crippen MR) is 89.2 cm³/mol.